The summed E-state index contributed by atoms with van der Waals surface area (Å²) >= 11 is 0. The number of allylic oxidation sites excluding steroid dienone is 1. The van der Waals surface area contributed by atoms with E-state index >= 15 is 0 Å². The Morgan fingerprint density at radius 1 is 0.449 bits per heavy atom. The minimum Gasteiger partial charge on any atom is -0.726 e. The molecule has 0 aliphatic rings. The zero-order valence-electron chi connectivity index (χ0n) is 33.6. The largest absolute Gasteiger partial charge is 1.00 e. The molecule has 6 heteroatoms. The van der Waals surface area contributed by atoms with Crippen LogP contribution in [-0.4, -0.2) is 19.6 Å². The van der Waals surface area contributed by atoms with Gasteiger partial charge in [-0.25, -0.2) is 8.42 Å². The van der Waals surface area contributed by atoms with E-state index in [1.54, 1.807) is 0 Å². The van der Waals surface area contributed by atoms with E-state index < -0.39 is 10.4 Å². The van der Waals surface area contributed by atoms with Gasteiger partial charge in [0.15, 0.2) is 0 Å². The van der Waals surface area contributed by atoms with Crippen molar-refractivity contribution in [3.63, 3.8) is 0 Å². The number of rotatable bonds is 41. The zero-order valence-corrected chi connectivity index (χ0v) is 37.6. The molecule has 0 spiro atoms. The summed E-state index contributed by atoms with van der Waals surface area (Å²) in [6.45, 7) is 4.56. The smallest absolute Gasteiger partial charge is 0.726 e. The Labute approximate surface area is 351 Å². The van der Waals surface area contributed by atoms with Crippen LogP contribution in [-0.2, 0) is 14.6 Å². The van der Waals surface area contributed by atoms with Crippen LogP contribution in [0.4, 0.5) is 0 Å². The Kier molecular flexibility index (Phi) is 46.6. The van der Waals surface area contributed by atoms with Gasteiger partial charge >= 0.3 is 51.4 Å². The van der Waals surface area contributed by atoms with Crippen molar-refractivity contribution in [2.24, 2.45) is 5.92 Å². The van der Waals surface area contributed by atoms with Gasteiger partial charge in [0.05, 0.1) is 6.61 Å². The molecule has 0 aliphatic heterocycles. The summed E-state index contributed by atoms with van der Waals surface area (Å²) in [7, 11) is -4.63. The van der Waals surface area contributed by atoms with Gasteiger partial charge in [-0.1, -0.05) is 244 Å². The molecule has 1 unspecified atom stereocenters. The standard InChI is InChI=1S/C43H86O4S.K/c1-3-5-7-9-11-13-15-17-19-21-22-23-25-27-29-31-33-35-37-39-41-43(42-47-48(44,45)46)40-38-36-34-32-30-28-26-24-20-18-16-14-12-10-8-6-4-2;/h39,41,43H,3-38,40,42H2,1-2H3,(H,44,45,46);/q;+1/p-1/b41-39+;. The fourth-order valence-corrected chi connectivity index (χ4v) is 7.33. The maximum absolute atomic E-state index is 11.0. The molecule has 288 valence electrons. The summed E-state index contributed by atoms with van der Waals surface area (Å²) in [6, 6.07) is 0. The van der Waals surface area contributed by atoms with Gasteiger partial charge in [-0.3, -0.25) is 4.18 Å². The van der Waals surface area contributed by atoms with Crippen LogP contribution >= 0.6 is 0 Å². The maximum atomic E-state index is 11.0. The molecule has 0 radical (unpaired) electrons. The van der Waals surface area contributed by atoms with Gasteiger partial charge in [-0.2, -0.15) is 0 Å². The van der Waals surface area contributed by atoms with Crippen LogP contribution in [0.5, 0.6) is 0 Å². The van der Waals surface area contributed by atoms with E-state index in [4.69, 9.17) is 0 Å². The third-order valence-electron chi connectivity index (χ3n) is 10.2. The average Bonchev–Trinajstić information content (AvgIpc) is 3.06. The van der Waals surface area contributed by atoms with Crippen molar-refractivity contribution in [3.05, 3.63) is 12.2 Å². The summed E-state index contributed by atoms with van der Waals surface area (Å²) in [6.07, 6.45) is 54.1. The molecule has 0 N–H and O–H groups in total. The molecule has 1 atom stereocenters. The van der Waals surface area contributed by atoms with Gasteiger partial charge in [-0.05, 0) is 19.3 Å². The van der Waals surface area contributed by atoms with Gasteiger partial charge in [0.25, 0.3) is 0 Å². The predicted molar refractivity (Wildman–Crippen MR) is 210 cm³/mol. The summed E-state index contributed by atoms with van der Waals surface area (Å²) in [4.78, 5) is 0. The Balaban J connectivity index is 0. The third kappa shape index (κ3) is 47.2. The number of hydrogen-bond acceptors (Lipinski definition) is 4. The molecule has 0 heterocycles. The molecule has 0 saturated heterocycles. The Morgan fingerprint density at radius 2 is 0.714 bits per heavy atom. The second kappa shape index (κ2) is 43.6. The third-order valence-corrected chi connectivity index (χ3v) is 10.7. The van der Waals surface area contributed by atoms with Crippen LogP contribution < -0.4 is 51.4 Å². The Bertz CT molecular complexity index is 742. The first-order valence-electron chi connectivity index (χ1n) is 21.8. The van der Waals surface area contributed by atoms with Crippen molar-refractivity contribution < 1.29 is 68.5 Å². The average molecular weight is 737 g/mol. The van der Waals surface area contributed by atoms with Crippen molar-refractivity contribution in [2.75, 3.05) is 6.61 Å². The molecular weight excluding hydrogens is 652 g/mol. The fourth-order valence-electron chi connectivity index (χ4n) is 6.99. The number of unbranched alkanes of at least 4 members (excludes halogenated alkanes) is 34. The van der Waals surface area contributed by atoms with Gasteiger partial charge in [0.1, 0.15) is 0 Å². The van der Waals surface area contributed by atoms with Crippen LogP contribution in [0.3, 0.4) is 0 Å². The summed E-state index contributed by atoms with van der Waals surface area (Å²) in [5.41, 5.74) is 0. The first kappa shape index (κ1) is 52.4. The number of hydrogen-bond donors (Lipinski definition) is 0. The first-order chi connectivity index (χ1) is 23.5. The zero-order chi connectivity index (χ0) is 35.1. The summed E-state index contributed by atoms with van der Waals surface area (Å²) in [5, 5.41) is 0. The minimum absolute atomic E-state index is 0. The molecule has 0 aliphatic carbocycles. The van der Waals surface area contributed by atoms with Crippen molar-refractivity contribution in [2.45, 2.75) is 251 Å². The SMILES string of the molecule is CCCCCCCCCCCCCCCCCCCC/C=C/C(CCCCCCCCCCCCCCCCCCC)COS(=O)(=O)[O-].[K+]. The summed E-state index contributed by atoms with van der Waals surface area (Å²) in [5.74, 6) is 0.0145. The molecule has 0 rings (SSSR count). The van der Waals surface area contributed by atoms with Gasteiger partial charge in [-0.15, -0.1) is 0 Å². The van der Waals surface area contributed by atoms with E-state index in [9.17, 15) is 13.0 Å². The van der Waals surface area contributed by atoms with Crippen LogP contribution in [0, 0.1) is 5.92 Å². The van der Waals surface area contributed by atoms with Crippen LogP contribution in [0.15, 0.2) is 12.2 Å². The monoisotopic (exact) mass is 737 g/mol. The molecule has 0 fully saturated rings. The minimum atomic E-state index is -4.63. The first-order valence-corrected chi connectivity index (χ1v) is 23.1. The summed E-state index contributed by atoms with van der Waals surface area (Å²) < 4.78 is 37.7. The van der Waals surface area contributed by atoms with Crippen LogP contribution in [0.1, 0.15) is 251 Å². The molecule has 0 aromatic rings. The molecular formula is C43H85KO4S. The van der Waals surface area contributed by atoms with E-state index in [2.05, 4.69) is 30.2 Å². The Hall–Kier alpha value is 1.25. The van der Waals surface area contributed by atoms with Crippen LogP contribution in [0.2, 0.25) is 0 Å². The second-order valence-corrected chi connectivity index (χ2v) is 16.2. The predicted octanol–water partition coefficient (Wildman–Crippen LogP) is 12.1. The Morgan fingerprint density at radius 3 is 1.00 bits per heavy atom. The molecule has 4 nitrogen and oxygen atoms in total. The molecule has 0 amide bonds. The van der Waals surface area contributed by atoms with E-state index in [1.165, 1.54) is 218 Å². The fraction of sp³-hybridized carbons (Fsp3) is 0.953. The van der Waals surface area contributed by atoms with Crippen molar-refractivity contribution in [1.29, 1.82) is 0 Å². The van der Waals surface area contributed by atoms with E-state index in [0.29, 0.717) is 0 Å². The van der Waals surface area contributed by atoms with E-state index in [0.717, 1.165) is 19.3 Å². The molecule has 0 aromatic carbocycles. The van der Waals surface area contributed by atoms with Crippen molar-refractivity contribution in [1.82, 2.24) is 0 Å². The molecule has 0 bridgehead atoms. The van der Waals surface area contributed by atoms with E-state index in [1.807, 2.05) is 0 Å². The van der Waals surface area contributed by atoms with Gasteiger partial charge < -0.3 is 4.55 Å². The topological polar surface area (TPSA) is 66.4 Å². The van der Waals surface area contributed by atoms with Gasteiger partial charge in [0, 0.05) is 5.92 Å². The molecule has 0 saturated carbocycles. The van der Waals surface area contributed by atoms with Crippen molar-refractivity contribution >= 4 is 10.4 Å². The normalized spacial score (nSPS) is 12.6. The maximum Gasteiger partial charge on any atom is 1.00 e. The quantitative estimate of drug-likeness (QED) is 0.0206. The van der Waals surface area contributed by atoms with E-state index in [-0.39, 0.29) is 63.9 Å². The van der Waals surface area contributed by atoms with Crippen molar-refractivity contribution in [3.8, 4) is 0 Å². The van der Waals surface area contributed by atoms with Crippen LogP contribution in [0.25, 0.3) is 0 Å². The molecule has 0 aromatic heterocycles. The second-order valence-electron chi connectivity index (χ2n) is 15.1. The molecule has 49 heavy (non-hydrogen) atoms. The van der Waals surface area contributed by atoms with Gasteiger partial charge in [0.2, 0.25) is 10.4 Å².